The normalized spacial score (nSPS) is 23.1. The molecule has 1 amide bonds. The van der Waals surface area contributed by atoms with Crippen LogP contribution in [0.5, 0.6) is 11.9 Å². The Morgan fingerprint density at radius 2 is 1.94 bits per heavy atom. The van der Waals surface area contributed by atoms with Crippen molar-refractivity contribution in [3.8, 4) is 11.9 Å². The average Bonchev–Trinajstić information content (AvgIpc) is 3.53. The van der Waals surface area contributed by atoms with E-state index in [2.05, 4.69) is 20.3 Å². The first kappa shape index (κ1) is 24.6. The number of imidazole rings is 1. The molecule has 1 unspecified atom stereocenters. The molecule has 4 atom stereocenters. The highest BCUT2D eigenvalue weighted by atomic mass is 35.5. The number of rotatable bonds is 8. The Labute approximate surface area is 207 Å². The van der Waals surface area contributed by atoms with E-state index in [1.807, 2.05) is 0 Å². The number of carbonyl (C=O) groups is 1. The molecule has 5 rings (SSSR count). The third kappa shape index (κ3) is 4.80. The highest BCUT2D eigenvalue weighted by Gasteiger charge is 2.48. The van der Waals surface area contributed by atoms with E-state index in [1.165, 1.54) is 6.07 Å². The fourth-order valence-electron chi connectivity index (χ4n) is 4.01. The fraction of sp³-hybridized carbons (Fsp3) is 0.409. The van der Waals surface area contributed by atoms with Gasteiger partial charge in [0.2, 0.25) is 5.88 Å². The summed E-state index contributed by atoms with van der Waals surface area (Å²) in [5.41, 5.74) is -0.0440. The van der Waals surface area contributed by atoms with Gasteiger partial charge in [-0.2, -0.15) is 9.97 Å². The van der Waals surface area contributed by atoms with Crippen molar-refractivity contribution in [2.24, 2.45) is 0 Å². The van der Waals surface area contributed by atoms with Crippen LogP contribution in [0.3, 0.4) is 0 Å². The molecule has 2 saturated heterocycles. The van der Waals surface area contributed by atoms with Gasteiger partial charge in [0, 0.05) is 12.1 Å². The van der Waals surface area contributed by atoms with Crippen LogP contribution in [0.25, 0.3) is 11.2 Å². The van der Waals surface area contributed by atoms with Gasteiger partial charge in [-0.25, -0.2) is 8.78 Å². The summed E-state index contributed by atoms with van der Waals surface area (Å²) < 4.78 is 51.3. The minimum atomic E-state index is -0.992. The zero-order valence-electron chi connectivity index (χ0n) is 18.5. The van der Waals surface area contributed by atoms with Gasteiger partial charge in [-0.1, -0.05) is 11.6 Å². The van der Waals surface area contributed by atoms with Crippen LogP contribution in [0.1, 0.15) is 15.9 Å². The number of aliphatic hydroxyl groups is 2. The summed E-state index contributed by atoms with van der Waals surface area (Å²) in [5, 5.41) is 21.0. The maximum Gasteiger partial charge on any atom is 0.296 e. The van der Waals surface area contributed by atoms with E-state index in [-0.39, 0.29) is 54.5 Å². The summed E-state index contributed by atoms with van der Waals surface area (Å²) in [5.74, 6) is -2.82. The molecule has 2 aliphatic rings. The van der Waals surface area contributed by atoms with E-state index in [0.29, 0.717) is 5.52 Å². The quantitative estimate of drug-likeness (QED) is 0.338. The number of nitrogens with one attached hydrogen (secondary N) is 2. The lowest BCUT2D eigenvalue weighted by molar-refractivity contribution is 0.00706. The van der Waals surface area contributed by atoms with E-state index in [0.717, 1.165) is 12.1 Å². The molecule has 0 saturated carbocycles. The minimum Gasteiger partial charge on any atom is -0.471 e. The van der Waals surface area contributed by atoms with Gasteiger partial charge in [0.05, 0.1) is 30.9 Å². The van der Waals surface area contributed by atoms with Gasteiger partial charge >= 0.3 is 0 Å². The Balaban J connectivity index is 1.28. The molecule has 36 heavy (non-hydrogen) atoms. The summed E-state index contributed by atoms with van der Waals surface area (Å²) in [6.07, 6.45) is -2.09. The highest BCUT2D eigenvalue weighted by molar-refractivity contribution is 6.32. The molecule has 11 nitrogen and oxygen atoms in total. The molecular formula is C22H21ClF2N4O7. The van der Waals surface area contributed by atoms with Gasteiger partial charge in [-0.05, 0) is 18.2 Å². The maximum atomic E-state index is 14.5. The molecule has 14 heteroatoms. The van der Waals surface area contributed by atoms with Crippen molar-refractivity contribution in [1.82, 2.24) is 20.3 Å². The number of aromatic nitrogens is 3. The zero-order valence-corrected chi connectivity index (χ0v) is 19.3. The van der Waals surface area contributed by atoms with Crippen molar-refractivity contribution in [1.29, 1.82) is 0 Å². The smallest absolute Gasteiger partial charge is 0.296 e. The van der Waals surface area contributed by atoms with Crippen LogP contribution in [0.2, 0.25) is 5.02 Å². The third-order valence-corrected chi connectivity index (χ3v) is 6.04. The highest BCUT2D eigenvalue weighted by Crippen LogP contribution is 2.31. The number of pyridine rings is 1. The number of halogens is 3. The van der Waals surface area contributed by atoms with Crippen LogP contribution in [-0.4, -0.2) is 81.9 Å². The lowest BCUT2D eigenvalue weighted by atomic mass is 10.1. The number of aromatic amines is 1. The lowest BCUT2D eigenvalue weighted by Gasteiger charge is -2.15. The van der Waals surface area contributed by atoms with Gasteiger partial charge in [-0.15, -0.1) is 0 Å². The van der Waals surface area contributed by atoms with Crippen LogP contribution in [0.15, 0.2) is 18.2 Å². The first-order valence-corrected chi connectivity index (χ1v) is 11.4. The average molecular weight is 527 g/mol. The molecule has 4 N–H and O–H groups in total. The van der Waals surface area contributed by atoms with E-state index in [1.54, 1.807) is 0 Å². The van der Waals surface area contributed by atoms with Gasteiger partial charge in [0.15, 0.2) is 11.8 Å². The summed E-state index contributed by atoms with van der Waals surface area (Å²) >= 11 is 6.23. The largest absolute Gasteiger partial charge is 0.471 e. The molecular weight excluding hydrogens is 506 g/mol. The number of fused-ring (bicyclic) bond motifs is 2. The number of aliphatic hydroxyl groups excluding tert-OH is 2. The summed E-state index contributed by atoms with van der Waals surface area (Å²) in [6, 6.07) is 3.34. The minimum absolute atomic E-state index is 0.0496. The number of hydrogen-bond acceptors (Lipinski definition) is 9. The first-order valence-electron chi connectivity index (χ1n) is 11.0. The number of amides is 1. The molecule has 0 radical (unpaired) electrons. The predicted octanol–water partition coefficient (Wildman–Crippen LogP) is 1.10. The summed E-state index contributed by atoms with van der Waals surface area (Å²) in [4.78, 5) is 23.2. The van der Waals surface area contributed by atoms with E-state index >= 15 is 0 Å². The van der Waals surface area contributed by atoms with Crippen LogP contribution in [-0.2, 0) is 16.1 Å². The number of H-pyrrole nitrogens is 1. The third-order valence-electron chi connectivity index (χ3n) is 5.77. The second-order valence-electron chi connectivity index (χ2n) is 8.19. The molecule has 0 bridgehead atoms. The molecule has 1 aromatic carbocycles. The molecule has 0 aliphatic carbocycles. The van der Waals surface area contributed by atoms with E-state index in [4.69, 9.17) is 35.7 Å². The summed E-state index contributed by atoms with van der Waals surface area (Å²) in [6.45, 7) is -0.534. The predicted molar refractivity (Wildman–Crippen MR) is 119 cm³/mol. The van der Waals surface area contributed by atoms with E-state index < -0.39 is 54.1 Å². The van der Waals surface area contributed by atoms with Crippen LogP contribution in [0.4, 0.5) is 8.78 Å². The maximum absolute atomic E-state index is 14.5. The van der Waals surface area contributed by atoms with Gasteiger partial charge < -0.3 is 39.5 Å². The Bertz CT molecular complexity index is 1270. The topological polar surface area (TPSA) is 148 Å². The molecule has 2 aromatic heterocycles. The number of ether oxygens (including phenoxy) is 4. The van der Waals surface area contributed by atoms with Crippen LogP contribution >= 0.6 is 11.6 Å². The molecule has 4 heterocycles. The number of hydrogen-bond donors (Lipinski definition) is 4. The number of carbonyl (C=O) groups excluding carboxylic acids is 1. The Morgan fingerprint density at radius 3 is 2.69 bits per heavy atom. The molecule has 0 spiro atoms. The van der Waals surface area contributed by atoms with Crippen molar-refractivity contribution in [2.75, 3.05) is 26.4 Å². The molecule has 3 aromatic rings. The van der Waals surface area contributed by atoms with Crippen molar-refractivity contribution >= 4 is 28.7 Å². The van der Waals surface area contributed by atoms with Crippen molar-refractivity contribution in [2.45, 2.75) is 31.0 Å². The van der Waals surface area contributed by atoms with E-state index in [9.17, 15) is 18.7 Å². The Hall–Kier alpha value is -3.10. The van der Waals surface area contributed by atoms with Gasteiger partial charge in [-0.3, -0.25) is 4.79 Å². The Morgan fingerprint density at radius 1 is 1.19 bits per heavy atom. The van der Waals surface area contributed by atoms with Crippen molar-refractivity contribution in [3.05, 3.63) is 46.0 Å². The first-order chi connectivity index (χ1) is 17.3. The molecule has 192 valence electrons. The van der Waals surface area contributed by atoms with Crippen LogP contribution < -0.4 is 14.8 Å². The lowest BCUT2D eigenvalue weighted by Crippen LogP contribution is -2.34. The van der Waals surface area contributed by atoms with Gasteiger partial charge in [0.1, 0.15) is 41.6 Å². The second-order valence-corrected chi connectivity index (χ2v) is 8.60. The van der Waals surface area contributed by atoms with Crippen molar-refractivity contribution < 1.29 is 42.7 Å². The molecule has 2 fully saturated rings. The zero-order chi connectivity index (χ0) is 25.4. The van der Waals surface area contributed by atoms with Crippen LogP contribution in [0, 0.1) is 11.6 Å². The molecule has 2 aliphatic heterocycles. The summed E-state index contributed by atoms with van der Waals surface area (Å²) in [7, 11) is 0. The Kier molecular flexibility index (Phi) is 6.90. The SMILES string of the molecule is O=C(NCCO)c1cc(F)c(COc2nc3nc(O[C@@H]4COC5[C@H](O)CO[C@@H]54)[nH]c3cc2Cl)c(F)c1. The monoisotopic (exact) mass is 526 g/mol. The second kappa shape index (κ2) is 10.1. The number of nitrogens with zero attached hydrogens (tertiary/aromatic N) is 2. The van der Waals surface area contributed by atoms with Gasteiger partial charge in [0.25, 0.3) is 11.9 Å². The standard InChI is InChI=1S/C22H21ClF2N4O7/c23-11-5-14-19(29-22(27-14)36-16-8-34-17-15(31)7-33-18(16)17)28-21(11)35-6-10-12(24)3-9(4-13(10)25)20(32)26-1-2-30/h3-5,15-18,30-31H,1-2,6-8H2,(H,26,32)(H,27,28,29)/t15-,16-,17?,18-/m1/s1. The fourth-order valence-corrected chi connectivity index (χ4v) is 4.21. The van der Waals surface area contributed by atoms with Crippen molar-refractivity contribution in [3.63, 3.8) is 0 Å². The number of benzene rings is 1.